The smallest absolute Gasteiger partial charge is 0.170 e. The van der Waals surface area contributed by atoms with Gasteiger partial charge < -0.3 is 15.4 Å². The summed E-state index contributed by atoms with van der Waals surface area (Å²) in [6, 6.07) is 18.6. The van der Waals surface area contributed by atoms with Crippen molar-refractivity contribution in [2.45, 2.75) is 38.6 Å². The SMILES string of the molecule is COc1cccc(NC(=S)N[C@H](C)CC(C)(C)c2ccccc2)c1. The maximum atomic E-state index is 5.43. The maximum Gasteiger partial charge on any atom is 0.170 e. The molecule has 0 aliphatic carbocycles. The molecule has 0 aliphatic heterocycles. The highest BCUT2D eigenvalue weighted by molar-refractivity contribution is 7.80. The standard InChI is InChI=1S/C20H26N2OS/c1-15(14-20(2,3)16-9-6-5-7-10-16)21-19(24)22-17-11-8-12-18(13-17)23-4/h5-13,15H,14H2,1-4H3,(H2,21,22,24)/t15-/m1/s1. The zero-order valence-corrected chi connectivity index (χ0v) is 15.6. The summed E-state index contributed by atoms with van der Waals surface area (Å²) in [6.45, 7) is 6.68. The Morgan fingerprint density at radius 2 is 1.83 bits per heavy atom. The predicted molar refractivity (Wildman–Crippen MR) is 106 cm³/mol. The molecule has 4 heteroatoms. The van der Waals surface area contributed by atoms with E-state index in [4.69, 9.17) is 17.0 Å². The molecule has 0 radical (unpaired) electrons. The van der Waals surface area contributed by atoms with Gasteiger partial charge in [-0.2, -0.15) is 0 Å². The quantitative estimate of drug-likeness (QED) is 0.743. The normalized spacial score (nSPS) is 12.3. The lowest BCUT2D eigenvalue weighted by atomic mass is 9.79. The summed E-state index contributed by atoms with van der Waals surface area (Å²) < 4.78 is 5.23. The monoisotopic (exact) mass is 342 g/mol. The van der Waals surface area contributed by atoms with Crippen molar-refractivity contribution in [3.8, 4) is 5.75 Å². The van der Waals surface area contributed by atoms with E-state index in [-0.39, 0.29) is 11.5 Å². The van der Waals surface area contributed by atoms with Gasteiger partial charge in [-0.1, -0.05) is 50.2 Å². The first kappa shape index (κ1) is 18.3. The van der Waals surface area contributed by atoms with Gasteiger partial charge in [0.15, 0.2) is 5.11 Å². The van der Waals surface area contributed by atoms with Gasteiger partial charge in [0.2, 0.25) is 0 Å². The Balaban J connectivity index is 1.91. The molecular weight excluding hydrogens is 316 g/mol. The summed E-state index contributed by atoms with van der Waals surface area (Å²) in [7, 11) is 1.66. The van der Waals surface area contributed by atoms with E-state index in [1.54, 1.807) is 7.11 Å². The Labute approximate surface area is 150 Å². The second-order valence-corrected chi connectivity index (χ2v) is 7.09. The second-order valence-electron chi connectivity index (χ2n) is 6.69. The van der Waals surface area contributed by atoms with Crippen LogP contribution >= 0.6 is 12.2 Å². The predicted octanol–water partition coefficient (Wildman–Crippen LogP) is 4.74. The molecule has 128 valence electrons. The van der Waals surface area contributed by atoms with Gasteiger partial charge in [0.1, 0.15) is 5.75 Å². The topological polar surface area (TPSA) is 33.3 Å². The van der Waals surface area contributed by atoms with Crippen molar-refractivity contribution in [3.63, 3.8) is 0 Å². The molecule has 0 heterocycles. The molecule has 0 spiro atoms. The molecule has 0 aliphatic rings. The summed E-state index contributed by atoms with van der Waals surface area (Å²) in [6.07, 6.45) is 0.983. The largest absolute Gasteiger partial charge is 0.497 e. The lowest BCUT2D eigenvalue weighted by molar-refractivity contribution is 0.415. The fraction of sp³-hybridized carbons (Fsp3) is 0.350. The highest BCUT2D eigenvalue weighted by Gasteiger charge is 2.23. The molecule has 2 N–H and O–H groups in total. The minimum Gasteiger partial charge on any atom is -0.497 e. The Kier molecular flexibility index (Phi) is 6.21. The zero-order valence-electron chi connectivity index (χ0n) is 14.8. The molecule has 2 aromatic rings. The first-order valence-corrected chi connectivity index (χ1v) is 8.58. The third-order valence-corrected chi connectivity index (χ3v) is 4.30. The van der Waals surface area contributed by atoms with Crippen molar-refractivity contribution in [2.75, 3.05) is 12.4 Å². The Bertz CT molecular complexity index is 670. The zero-order chi connectivity index (χ0) is 17.6. The summed E-state index contributed by atoms with van der Waals surface area (Å²) >= 11 is 5.43. The van der Waals surface area contributed by atoms with Gasteiger partial charge in [-0.15, -0.1) is 0 Å². The van der Waals surface area contributed by atoms with E-state index in [1.165, 1.54) is 5.56 Å². The van der Waals surface area contributed by atoms with Crippen molar-refractivity contribution in [1.82, 2.24) is 5.32 Å². The Hall–Kier alpha value is -2.07. The van der Waals surface area contributed by atoms with Crippen molar-refractivity contribution in [2.24, 2.45) is 0 Å². The van der Waals surface area contributed by atoms with Crippen LogP contribution in [0.1, 0.15) is 32.8 Å². The van der Waals surface area contributed by atoms with E-state index in [1.807, 2.05) is 24.3 Å². The molecule has 24 heavy (non-hydrogen) atoms. The number of methoxy groups -OCH3 is 1. The van der Waals surface area contributed by atoms with Crippen LogP contribution in [-0.2, 0) is 5.41 Å². The third-order valence-electron chi connectivity index (χ3n) is 4.08. The van der Waals surface area contributed by atoms with Crippen LogP contribution in [0.4, 0.5) is 5.69 Å². The average Bonchev–Trinajstić information content (AvgIpc) is 2.55. The molecule has 0 amide bonds. The van der Waals surface area contributed by atoms with Crippen LogP contribution in [0.2, 0.25) is 0 Å². The van der Waals surface area contributed by atoms with Crippen LogP contribution in [0.3, 0.4) is 0 Å². The summed E-state index contributed by atoms with van der Waals surface area (Å²) in [5.41, 5.74) is 2.34. The number of anilines is 1. The van der Waals surface area contributed by atoms with Gasteiger partial charge in [0.25, 0.3) is 0 Å². The molecule has 0 bridgehead atoms. The first-order chi connectivity index (χ1) is 11.4. The first-order valence-electron chi connectivity index (χ1n) is 8.18. The summed E-state index contributed by atoms with van der Waals surface area (Å²) in [5.74, 6) is 0.807. The van der Waals surface area contributed by atoms with Crippen molar-refractivity contribution >= 4 is 23.0 Å². The highest BCUT2D eigenvalue weighted by atomic mass is 32.1. The number of nitrogens with one attached hydrogen (secondary N) is 2. The number of benzene rings is 2. The fourth-order valence-corrected chi connectivity index (χ4v) is 3.23. The molecule has 2 rings (SSSR count). The van der Waals surface area contributed by atoms with Crippen LogP contribution in [0.25, 0.3) is 0 Å². The molecule has 0 fully saturated rings. The van der Waals surface area contributed by atoms with Gasteiger partial charge in [0.05, 0.1) is 7.11 Å². The van der Waals surface area contributed by atoms with Crippen LogP contribution in [-0.4, -0.2) is 18.3 Å². The Morgan fingerprint density at radius 1 is 1.12 bits per heavy atom. The lowest BCUT2D eigenvalue weighted by Gasteiger charge is -2.29. The van der Waals surface area contributed by atoms with Gasteiger partial charge >= 0.3 is 0 Å². The van der Waals surface area contributed by atoms with Crippen molar-refractivity contribution in [3.05, 3.63) is 60.2 Å². The number of rotatable bonds is 6. The molecule has 0 aromatic heterocycles. The van der Waals surface area contributed by atoms with E-state index < -0.39 is 0 Å². The molecular formula is C20H26N2OS. The van der Waals surface area contributed by atoms with E-state index in [0.717, 1.165) is 17.9 Å². The fourth-order valence-electron chi connectivity index (χ4n) is 2.92. The summed E-state index contributed by atoms with van der Waals surface area (Å²) in [5, 5.41) is 7.21. The van der Waals surface area contributed by atoms with E-state index in [2.05, 4.69) is 61.7 Å². The van der Waals surface area contributed by atoms with Crippen LogP contribution in [0.15, 0.2) is 54.6 Å². The molecule has 1 atom stereocenters. The molecule has 0 saturated carbocycles. The maximum absolute atomic E-state index is 5.43. The van der Waals surface area contributed by atoms with E-state index in [0.29, 0.717) is 5.11 Å². The van der Waals surface area contributed by atoms with E-state index >= 15 is 0 Å². The second kappa shape index (κ2) is 8.15. The third kappa shape index (κ3) is 5.24. The number of ether oxygens (including phenoxy) is 1. The molecule has 3 nitrogen and oxygen atoms in total. The molecule has 0 saturated heterocycles. The number of hydrogen-bond donors (Lipinski definition) is 2. The van der Waals surface area contributed by atoms with E-state index in [9.17, 15) is 0 Å². The molecule has 2 aromatic carbocycles. The lowest BCUT2D eigenvalue weighted by Crippen LogP contribution is -2.39. The van der Waals surface area contributed by atoms with Crippen LogP contribution in [0, 0.1) is 0 Å². The van der Waals surface area contributed by atoms with Gasteiger partial charge in [-0.05, 0) is 48.7 Å². The Morgan fingerprint density at radius 3 is 2.50 bits per heavy atom. The van der Waals surface area contributed by atoms with Crippen LogP contribution < -0.4 is 15.4 Å². The average molecular weight is 343 g/mol. The number of hydrogen-bond acceptors (Lipinski definition) is 2. The molecule has 0 unspecified atom stereocenters. The van der Waals surface area contributed by atoms with Gasteiger partial charge in [-0.3, -0.25) is 0 Å². The van der Waals surface area contributed by atoms with Crippen molar-refractivity contribution in [1.29, 1.82) is 0 Å². The number of thiocarbonyl (C=S) groups is 1. The minimum atomic E-state index is 0.0826. The van der Waals surface area contributed by atoms with Crippen molar-refractivity contribution < 1.29 is 4.74 Å². The van der Waals surface area contributed by atoms with Crippen LogP contribution in [0.5, 0.6) is 5.75 Å². The van der Waals surface area contributed by atoms with Gasteiger partial charge in [-0.25, -0.2) is 0 Å². The van der Waals surface area contributed by atoms with Gasteiger partial charge in [0, 0.05) is 17.8 Å². The highest BCUT2D eigenvalue weighted by Crippen LogP contribution is 2.28. The minimum absolute atomic E-state index is 0.0826. The summed E-state index contributed by atoms with van der Waals surface area (Å²) in [4.78, 5) is 0.